The van der Waals surface area contributed by atoms with E-state index in [1.54, 1.807) is 0 Å². The van der Waals surface area contributed by atoms with Gasteiger partial charge in [0.25, 0.3) is 0 Å². The highest BCUT2D eigenvalue weighted by Gasteiger charge is 2.23. The molecule has 1 aromatic heterocycles. The van der Waals surface area contributed by atoms with Crippen molar-refractivity contribution in [2.24, 2.45) is 5.73 Å². The standard InChI is InChI=1S/C14H16N2O2/c15-9-5-6-13-11(7-9)10-3-1-2-4-12(10)16(13)8-14(17)18/h1-4,9H,5-8,15H2,(H,17,18). The van der Waals surface area contributed by atoms with Gasteiger partial charge >= 0.3 is 5.97 Å². The fraction of sp³-hybridized carbons (Fsp3) is 0.357. The van der Waals surface area contributed by atoms with Crippen LogP contribution in [0.1, 0.15) is 17.7 Å². The Morgan fingerprint density at radius 2 is 2.22 bits per heavy atom. The highest BCUT2D eigenvalue weighted by atomic mass is 16.4. The van der Waals surface area contributed by atoms with Crippen LogP contribution in [0.5, 0.6) is 0 Å². The summed E-state index contributed by atoms with van der Waals surface area (Å²) < 4.78 is 1.93. The van der Waals surface area contributed by atoms with E-state index in [9.17, 15) is 4.79 Å². The van der Waals surface area contributed by atoms with E-state index in [-0.39, 0.29) is 12.6 Å². The Morgan fingerprint density at radius 1 is 1.44 bits per heavy atom. The maximum Gasteiger partial charge on any atom is 0.323 e. The molecule has 0 saturated carbocycles. The highest BCUT2D eigenvalue weighted by molar-refractivity contribution is 5.87. The molecule has 0 amide bonds. The number of benzene rings is 1. The lowest BCUT2D eigenvalue weighted by atomic mass is 9.92. The number of carboxylic acids is 1. The van der Waals surface area contributed by atoms with Gasteiger partial charge in [0.1, 0.15) is 6.54 Å². The Balaban J connectivity index is 2.24. The second kappa shape index (κ2) is 4.14. The largest absolute Gasteiger partial charge is 0.480 e. The Morgan fingerprint density at radius 3 is 3.00 bits per heavy atom. The first-order valence-electron chi connectivity index (χ1n) is 6.23. The van der Waals surface area contributed by atoms with E-state index in [1.807, 2.05) is 22.8 Å². The summed E-state index contributed by atoms with van der Waals surface area (Å²) in [5.41, 5.74) is 9.43. The van der Waals surface area contributed by atoms with Crippen molar-refractivity contribution < 1.29 is 9.90 Å². The van der Waals surface area contributed by atoms with Gasteiger partial charge in [-0.1, -0.05) is 18.2 Å². The second-order valence-corrected chi connectivity index (χ2v) is 4.93. The molecule has 1 aliphatic carbocycles. The van der Waals surface area contributed by atoms with E-state index in [4.69, 9.17) is 10.8 Å². The molecule has 4 heteroatoms. The zero-order chi connectivity index (χ0) is 12.7. The number of carbonyl (C=O) groups is 1. The maximum atomic E-state index is 11.0. The van der Waals surface area contributed by atoms with Gasteiger partial charge < -0.3 is 15.4 Å². The van der Waals surface area contributed by atoms with Gasteiger partial charge in [0.2, 0.25) is 0 Å². The maximum absolute atomic E-state index is 11.0. The van der Waals surface area contributed by atoms with Crippen LogP contribution in [0.15, 0.2) is 24.3 Å². The van der Waals surface area contributed by atoms with Crippen molar-refractivity contribution in [1.82, 2.24) is 4.57 Å². The van der Waals surface area contributed by atoms with Gasteiger partial charge in [-0.15, -0.1) is 0 Å². The van der Waals surface area contributed by atoms with Gasteiger partial charge in [-0.2, -0.15) is 0 Å². The molecule has 3 N–H and O–H groups in total. The number of para-hydroxylation sites is 1. The lowest BCUT2D eigenvalue weighted by Gasteiger charge is -2.20. The number of rotatable bonds is 2. The minimum atomic E-state index is -0.798. The summed E-state index contributed by atoms with van der Waals surface area (Å²) >= 11 is 0. The van der Waals surface area contributed by atoms with E-state index in [1.165, 1.54) is 5.56 Å². The van der Waals surface area contributed by atoms with Gasteiger partial charge in [0, 0.05) is 22.6 Å². The molecule has 1 unspecified atom stereocenters. The van der Waals surface area contributed by atoms with Crippen LogP contribution in [0, 0.1) is 0 Å². The number of aromatic nitrogens is 1. The predicted octanol–water partition coefficient (Wildman–Crippen LogP) is 1.54. The molecule has 0 aliphatic heterocycles. The number of hydrogen-bond acceptors (Lipinski definition) is 2. The topological polar surface area (TPSA) is 68.2 Å². The van der Waals surface area contributed by atoms with E-state index in [2.05, 4.69) is 6.07 Å². The zero-order valence-electron chi connectivity index (χ0n) is 10.1. The van der Waals surface area contributed by atoms with Gasteiger partial charge in [-0.3, -0.25) is 4.79 Å². The Hall–Kier alpha value is -1.81. The third-order valence-electron chi connectivity index (χ3n) is 3.71. The average Bonchev–Trinajstić information content (AvgIpc) is 2.64. The smallest absolute Gasteiger partial charge is 0.323 e. The Kier molecular flexibility index (Phi) is 2.59. The summed E-state index contributed by atoms with van der Waals surface area (Å²) in [6.45, 7) is 0.0328. The fourth-order valence-electron chi connectivity index (χ4n) is 2.94. The first kappa shape index (κ1) is 11.3. The van der Waals surface area contributed by atoms with Crippen molar-refractivity contribution in [2.45, 2.75) is 31.8 Å². The molecular weight excluding hydrogens is 228 g/mol. The molecule has 18 heavy (non-hydrogen) atoms. The van der Waals surface area contributed by atoms with Gasteiger partial charge in [-0.25, -0.2) is 0 Å². The summed E-state index contributed by atoms with van der Waals surface area (Å²) in [4.78, 5) is 11.0. The van der Waals surface area contributed by atoms with E-state index in [0.717, 1.165) is 35.9 Å². The molecule has 0 bridgehead atoms. The van der Waals surface area contributed by atoms with Crippen LogP contribution >= 0.6 is 0 Å². The predicted molar refractivity (Wildman–Crippen MR) is 69.6 cm³/mol. The molecule has 1 aliphatic rings. The van der Waals surface area contributed by atoms with Gasteiger partial charge in [-0.05, 0) is 30.9 Å². The monoisotopic (exact) mass is 244 g/mol. The molecule has 3 rings (SSSR count). The first-order chi connectivity index (χ1) is 8.66. The number of nitrogens with two attached hydrogens (primary N) is 1. The van der Waals surface area contributed by atoms with E-state index >= 15 is 0 Å². The summed E-state index contributed by atoms with van der Waals surface area (Å²) in [6.07, 6.45) is 2.66. The SMILES string of the molecule is NC1CCc2c(c3ccccc3n2CC(=O)O)C1. The molecule has 1 aromatic carbocycles. The lowest BCUT2D eigenvalue weighted by molar-refractivity contribution is -0.137. The number of aliphatic carboxylic acids is 1. The molecular formula is C14H16N2O2. The second-order valence-electron chi connectivity index (χ2n) is 4.93. The number of nitrogens with zero attached hydrogens (tertiary/aromatic N) is 1. The molecule has 1 heterocycles. The molecule has 0 fully saturated rings. The molecule has 94 valence electrons. The average molecular weight is 244 g/mol. The van der Waals surface area contributed by atoms with Crippen LogP contribution in [-0.2, 0) is 24.2 Å². The Bertz CT molecular complexity index is 616. The molecule has 4 nitrogen and oxygen atoms in total. The first-order valence-corrected chi connectivity index (χ1v) is 6.23. The summed E-state index contributed by atoms with van der Waals surface area (Å²) in [5, 5.41) is 10.2. The number of hydrogen-bond donors (Lipinski definition) is 2. The minimum Gasteiger partial charge on any atom is -0.480 e. The van der Waals surface area contributed by atoms with Crippen molar-refractivity contribution in [3.8, 4) is 0 Å². The molecule has 0 radical (unpaired) electrons. The summed E-state index contributed by atoms with van der Waals surface area (Å²) in [6, 6.07) is 8.19. The van der Waals surface area contributed by atoms with Crippen molar-refractivity contribution in [3.05, 3.63) is 35.5 Å². The molecule has 0 saturated heterocycles. The van der Waals surface area contributed by atoms with E-state index in [0.29, 0.717) is 0 Å². The Labute approximate surface area is 105 Å². The van der Waals surface area contributed by atoms with Crippen molar-refractivity contribution >= 4 is 16.9 Å². The third kappa shape index (κ3) is 1.69. The van der Waals surface area contributed by atoms with Crippen LogP contribution in [0.3, 0.4) is 0 Å². The van der Waals surface area contributed by atoms with Gasteiger partial charge in [0.05, 0.1) is 0 Å². The van der Waals surface area contributed by atoms with E-state index < -0.39 is 5.97 Å². The molecule has 0 spiro atoms. The van der Waals surface area contributed by atoms with Crippen LogP contribution in [0.4, 0.5) is 0 Å². The molecule has 2 aromatic rings. The van der Waals surface area contributed by atoms with Crippen molar-refractivity contribution in [1.29, 1.82) is 0 Å². The summed E-state index contributed by atoms with van der Waals surface area (Å²) in [5.74, 6) is -0.798. The minimum absolute atomic E-state index is 0.0328. The quantitative estimate of drug-likeness (QED) is 0.842. The van der Waals surface area contributed by atoms with Crippen LogP contribution in [0.25, 0.3) is 10.9 Å². The number of fused-ring (bicyclic) bond motifs is 3. The van der Waals surface area contributed by atoms with Crippen LogP contribution in [-0.4, -0.2) is 21.7 Å². The van der Waals surface area contributed by atoms with Crippen LogP contribution in [0.2, 0.25) is 0 Å². The lowest BCUT2D eigenvalue weighted by Crippen LogP contribution is -2.28. The highest BCUT2D eigenvalue weighted by Crippen LogP contribution is 2.31. The van der Waals surface area contributed by atoms with Gasteiger partial charge in [0.15, 0.2) is 0 Å². The molecule has 1 atom stereocenters. The normalized spacial score (nSPS) is 18.8. The number of carboxylic acid groups (broad SMARTS) is 1. The fourth-order valence-corrected chi connectivity index (χ4v) is 2.94. The van der Waals surface area contributed by atoms with Crippen LogP contribution < -0.4 is 5.73 Å². The summed E-state index contributed by atoms with van der Waals surface area (Å²) in [7, 11) is 0. The third-order valence-corrected chi connectivity index (χ3v) is 3.71. The zero-order valence-corrected chi connectivity index (χ0v) is 10.1. The van der Waals surface area contributed by atoms with Crippen molar-refractivity contribution in [2.75, 3.05) is 0 Å². The van der Waals surface area contributed by atoms with Crippen molar-refractivity contribution in [3.63, 3.8) is 0 Å².